The van der Waals surface area contributed by atoms with Crippen LogP contribution in [0.25, 0.3) is 11.1 Å². The van der Waals surface area contributed by atoms with E-state index in [0.29, 0.717) is 11.4 Å². The van der Waals surface area contributed by atoms with Gasteiger partial charge in [-0.1, -0.05) is 24.3 Å². The van der Waals surface area contributed by atoms with Crippen LogP contribution in [0.15, 0.2) is 58.7 Å². The number of benzene rings is 2. The number of nitrogens with zero attached hydrogens (tertiary/aromatic N) is 2. The summed E-state index contributed by atoms with van der Waals surface area (Å²) in [5, 5.41) is 7.72. The Morgan fingerprint density at radius 1 is 0.526 bits per heavy atom. The first-order valence-electron chi connectivity index (χ1n) is 11.9. The molecular formula is C26H30N4O8. The van der Waals surface area contributed by atoms with Gasteiger partial charge in [0.15, 0.2) is 0 Å². The summed E-state index contributed by atoms with van der Waals surface area (Å²) in [5.41, 5.74) is 7.13. The van der Waals surface area contributed by atoms with Crippen LogP contribution in [0, 0.1) is 0 Å². The highest BCUT2D eigenvalue weighted by Gasteiger charge is 2.24. The van der Waals surface area contributed by atoms with Gasteiger partial charge in [-0.2, -0.15) is 10.2 Å². The second kappa shape index (κ2) is 15.4. The van der Waals surface area contributed by atoms with E-state index in [0.717, 1.165) is 11.1 Å². The molecule has 0 fully saturated rings. The highest BCUT2D eigenvalue weighted by Crippen LogP contribution is 2.23. The molecule has 2 rings (SSSR count). The molecule has 0 spiro atoms. The maximum Gasteiger partial charge on any atom is 0.366 e. The third-order valence-corrected chi connectivity index (χ3v) is 4.57. The van der Waals surface area contributed by atoms with Gasteiger partial charge in [-0.15, -0.1) is 0 Å². The molecule has 0 atom stereocenters. The predicted octanol–water partition coefficient (Wildman–Crippen LogP) is 3.14. The van der Waals surface area contributed by atoms with Crippen molar-refractivity contribution in [1.29, 1.82) is 0 Å². The van der Waals surface area contributed by atoms with E-state index in [-0.39, 0.29) is 26.4 Å². The molecule has 0 heterocycles. The van der Waals surface area contributed by atoms with Crippen molar-refractivity contribution in [2.24, 2.45) is 10.2 Å². The van der Waals surface area contributed by atoms with Crippen molar-refractivity contribution in [3.05, 3.63) is 48.5 Å². The summed E-state index contributed by atoms with van der Waals surface area (Å²) >= 11 is 0. The summed E-state index contributed by atoms with van der Waals surface area (Å²) in [6.07, 6.45) is 0. The Balaban J connectivity index is 2.12. The highest BCUT2D eigenvalue weighted by atomic mass is 16.6. The molecule has 0 amide bonds. The molecule has 0 unspecified atom stereocenters. The van der Waals surface area contributed by atoms with Gasteiger partial charge in [-0.25, -0.2) is 19.2 Å². The number of hydrogen-bond donors (Lipinski definition) is 2. The molecule has 38 heavy (non-hydrogen) atoms. The van der Waals surface area contributed by atoms with E-state index in [4.69, 9.17) is 18.9 Å². The van der Waals surface area contributed by atoms with Gasteiger partial charge in [0, 0.05) is 0 Å². The Bertz CT molecular complexity index is 1040. The molecule has 2 aromatic rings. The lowest BCUT2D eigenvalue weighted by atomic mass is 10.1. The van der Waals surface area contributed by atoms with E-state index in [1.807, 2.05) is 24.3 Å². The smallest absolute Gasteiger partial charge is 0.366 e. The van der Waals surface area contributed by atoms with E-state index in [1.165, 1.54) is 0 Å². The second-order valence-corrected chi connectivity index (χ2v) is 7.18. The number of hydrazone groups is 2. The van der Waals surface area contributed by atoms with E-state index in [1.54, 1.807) is 52.0 Å². The first-order chi connectivity index (χ1) is 18.3. The minimum Gasteiger partial charge on any atom is -0.461 e. The molecule has 2 N–H and O–H groups in total. The molecule has 12 heteroatoms. The van der Waals surface area contributed by atoms with Gasteiger partial charge in [-0.3, -0.25) is 10.9 Å². The summed E-state index contributed by atoms with van der Waals surface area (Å²) in [6, 6.07) is 14.1. The van der Waals surface area contributed by atoms with Crippen molar-refractivity contribution in [3.63, 3.8) is 0 Å². The molecular weight excluding hydrogens is 496 g/mol. The standard InChI is InChI=1S/C26H30N4O8/c1-5-35-23(31)21(24(32)36-6-2)29-27-19-13-9-17(10-14-19)18-11-15-20(16-12-18)28-30-22(25(33)37-7-3)26(34)38-8-4/h9-16,27-28H,5-8H2,1-4H3. The molecule has 2 aromatic carbocycles. The van der Waals surface area contributed by atoms with Crippen LogP contribution in [-0.2, 0) is 38.1 Å². The van der Waals surface area contributed by atoms with Crippen LogP contribution < -0.4 is 10.9 Å². The number of rotatable bonds is 13. The third kappa shape index (κ3) is 8.73. The lowest BCUT2D eigenvalue weighted by molar-refractivity contribution is -0.142. The minimum atomic E-state index is -0.885. The molecule has 0 aromatic heterocycles. The zero-order valence-electron chi connectivity index (χ0n) is 21.6. The number of nitrogens with one attached hydrogen (secondary N) is 2. The maximum atomic E-state index is 12.0. The fraction of sp³-hybridized carbons (Fsp3) is 0.308. The summed E-state index contributed by atoms with van der Waals surface area (Å²) < 4.78 is 19.4. The Morgan fingerprint density at radius 2 is 0.789 bits per heavy atom. The van der Waals surface area contributed by atoms with Crippen molar-refractivity contribution >= 4 is 46.7 Å². The first-order valence-corrected chi connectivity index (χ1v) is 11.9. The monoisotopic (exact) mass is 526 g/mol. The van der Waals surface area contributed by atoms with Crippen molar-refractivity contribution in [1.82, 2.24) is 0 Å². The molecule has 202 valence electrons. The van der Waals surface area contributed by atoms with Gasteiger partial charge in [0.1, 0.15) is 0 Å². The Labute approximate surface area is 220 Å². The zero-order valence-corrected chi connectivity index (χ0v) is 21.6. The van der Waals surface area contributed by atoms with Gasteiger partial charge in [0.25, 0.3) is 11.4 Å². The normalized spacial score (nSPS) is 9.89. The molecule has 0 aliphatic carbocycles. The zero-order chi connectivity index (χ0) is 27.9. The van der Waals surface area contributed by atoms with Crippen LogP contribution in [-0.4, -0.2) is 61.7 Å². The van der Waals surface area contributed by atoms with Crippen molar-refractivity contribution < 1.29 is 38.1 Å². The van der Waals surface area contributed by atoms with E-state index < -0.39 is 35.3 Å². The molecule has 0 radical (unpaired) electrons. The Kier molecular flexibility index (Phi) is 11.9. The molecule has 12 nitrogen and oxygen atoms in total. The Morgan fingerprint density at radius 3 is 1.03 bits per heavy atom. The molecule has 0 aliphatic rings. The van der Waals surface area contributed by atoms with Crippen molar-refractivity contribution in [2.45, 2.75) is 27.7 Å². The van der Waals surface area contributed by atoms with E-state index in [9.17, 15) is 19.2 Å². The number of esters is 4. The summed E-state index contributed by atoms with van der Waals surface area (Å²) in [7, 11) is 0. The minimum absolute atomic E-state index is 0.0879. The van der Waals surface area contributed by atoms with Gasteiger partial charge in [0.2, 0.25) is 0 Å². The first kappa shape index (κ1) is 29.5. The average molecular weight is 527 g/mol. The number of carbonyl (C=O) groups excluding carboxylic acids is 4. The second-order valence-electron chi connectivity index (χ2n) is 7.18. The largest absolute Gasteiger partial charge is 0.461 e. The summed E-state index contributed by atoms with van der Waals surface area (Å²) in [4.78, 5) is 48.0. The predicted molar refractivity (Wildman–Crippen MR) is 141 cm³/mol. The van der Waals surface area contributed by atoms with Crippen molar-refractivity contribution in [2.75, 3.05) is 37.3 Å². The SMILES string of the molecule is CCOC(=O)C(=NNc1ccc(-c2ccc(NN=C(C(=O)OCC)C(=O)OCC)cc2)cc1)C(=O)OCC. The number of carbonyl (C=O) groups is 4. The van der Waals surface area contributed by atoms with Gasteiger partial charge < -0.3 is 18.9 Å². The highest BCUT2D eigenvalue weighted by molar-refractivity contribution is 6.63. The van der Waals surface area contributed by atoms with Crippen LogP contribution in [0.5, 0.6) is 0 Å². The lowest BCUT2D eigenvalue weighted by Gasteiger charge is -2.08. The fourth-order valence-corrected chi connectivity index (χ4v) is 2.86. The van der Waals surface area contributed by atoms with Crippen LogP contribution >= 0.6 is 0 Å². The molecule has 0 saturated heterocycles. The molecule has 0 aliphatic heterocycles. The summed E-state index contributed by atoms with van der Waals surface area (Å²) in [5.74, 6) is -3.54. The van der Waals surface area contributed by atoms with Gasteiger partial charge in [-0.05, 0) is 63.1 Å². The van der Waals surface area contributed by atoms with Gasteiger partial charge in [0.05, 0.1) is 37.8 Å². The van der Waals surface area contributed by atoms with E-state index in [2.05, 4.69) is 21.1 Å². The fourth-order valence-electron chi connectivity index (χ4n) is 2.86. The maximum absolute atomic E-state index is 12.0. The lowest BCUT2D eigenvalue weighted by Crippen LogP contribution is -2.29. The summed E-state index contributed by atoms with van der Waals surface area (Å²) in [6.45, 7) is 6.82. The topological polar surface area (TPSA) is 154 Å². The number of ether oxygens (including phenoxy) is 4. The van der Waals surface area contributed by atoms with Gasteiger partial charge >= 0.3 is 23.9 Å². The van der Waals surface area contributed by atoms with Crippen LogP contribution in [0.3, 0.4) is 0 Å². The third-order valence-electron chi connectivity index (χ3n) is 4.57. The number of hydrogen-bond acceptors (Lipinski definition) is 12. The Hall–Kier alpha value is -4.74. The number of anilines is 2. The van der Waals surface area contributed by atoms with Crippen LogP contribution in [0.4, 0.5) is 11.4 Å². The van der Waals surface area contributed by atoms with E-state index >= 15 is 0 Å². The van der Waals surface area contributed by atoms with Crippen LogP contribution in [0.2, 0.25) is 0 Å². The molecule has 0 saturated carbocycles. The van der Waals surface area contributed by atoms with Crippen LogP contribution in [0.1, 0.15) is 27.7 Å². The van der Waals surface area contributed by atoms with Crippen molar-refractivity contribution in [3.8, 4) is 11.1 Å². The quantitative estimate of drug-likeness (QED) is 0.131. The molecule has 0 bridgehead atoms. The average Bonchev–Trinajstić information content (AvgIpc) is 2.90.